The largest absolute Gasteiger partial charge is 0.507 e. The molecular formula is C27H34O4. The number of phenols is 1. The molecule has 4 nitrogen and oxygen atoms in total. The van der Waals surface area contributed by atoms with E-state index in [9.17, 15) is 9.90 Å². The molecular weight excluding hydrogens is 388 g/mol. The van der Waals surface area contributed by atoms with Crippen LogP contribution in [0.15, 0.2) is 77.5 Å². The van der Waals surface area contributed by atoms with Crippen molar-refractivity contribution in [2.24, 2.45) is 5.41 Å². The van der Waals surface area contributed by atoms with Crippen molar-refractivity contribution in [3.63, 3.8) is 0 Å². The molecule has 166 valence electrons. The number of ether oxygens (including phenoxy) is 2. The summed E-state index contributed by atoms with van der Waals surface area (Å²) < 4.78 is 10.3. The van der Waals surface area contributed by atoms with Crippen molar-refractivity contribution in [2.45, 2.75) is 47.0 Å². The monoisotopic (exact) mass is 422 g/mol. The zero-order chi connectivity index (χ0) is 22.9. The summed E-state index contributed by atoms with van der Waals surface area (Å²) in [5.41, 5.74) is 3.90. The number of phenolic OH excluding ortho intramolecular Hbond substituents is 1. The first-order valence-electron chi connectivity index (χ1n) is 10.7. The summed E-state index contributed by atoms with van der Waals surface area (Å²) in [5.74, 6) is -0.239. The van der Waals surface area contributed by atoms with Gasteiger partial charge in [0.2, 0.25) is 0 Å². The van der Waals surface area contributed by atoms with Crippen molar-refractivity contribution < 1.29 is 19.4 Å². The number of allylic oxidation sites excluding steroid dienone is 9. The Hall–Kier alpha value is -3.01. The molecule has 0 unspecified atom stereocenters. The Labute approximate surface area is 186 Å². The molecule has 0 bridgehead atoms. The molecule has 1 aromatic rings. The number of hydrogen-bond donors (Lipinski definition) is 1. The SMILES string of the molecule is COc1ccc(O)c(C(=O)OC/C=C(C)/C=C/C=C(C)/C=C/C2=CCCCC2(C)C)c1. The maximum absolute atomic E-state index is 12.2. The molecule has 31 heavy (non-hydrogen) atoms. The van der Waals surface area contributed by atoms with E-state index in [-0.39, 0.29) is 23.3 Å². The number of methoxy groups -OCH3 is 1. The second kappa shape index (κ2) is 11.4. The van der Waals surface area contributed by atoms with E-state index in [1.807, 2.05) is 25.2 Å². The average molecular weight is 423 g/mol. The highest BCUT2D eigenvalue weighted by molar-refractivity contribution is 5.92. The van der Waals surface area contributed by atoms with Gasteiger partial charge in [-0.2, -0.15) is 0 Å². The summed E-state index contributed by atoms with van der Waals surface area (Å²) in [7, 11) is 1.50. The van der Waals surface area contributed by atoms with Gasteiger partial charge >= 0.3 is 5.97 Å². The van der Waals surface area contributed by atoms with Gasteiger partial charge in [0.05, 0.1) is 7.11 Å². The van der Waals surface area contributed by atoms with Gasteiger partial charge in [0.25, 0.3) is 0 Å². The molecule has 4 heteroatoms. The number of esters is 1. The van der Waals surface area contributed by atoms with Gasteiger partial charge in [0, 0.05) is 0 Å². The minimum absolute atomic E-state index is 0.0857. The highest BCUT2D eigenvalue weighted by Crippen LogP contribution is 2.37. The van der Waals surface area contributed by atoms with E-state index in [0.29, 0.717) is 5.75 Å². The second-order valence-corrected chi connectivity index (χ2v) is 8.47. The van der Waals surface area contributed by atoms with Crippen molar-refractivity contribution in [3.8, 4) is 11.5 Å². The van der Waals surface area contributed by atoms with Gasteiger partial charge in [-0.25, -0.2) is 4.79 Å². The fourth-order valence-electron chi connectivity index (χ4n) is 3.34. The lowest BCUT2D eigenvalue weighted by Gasteiger charge is -2.30. The Morgan fingerprint density at radius 1 is 1.19 bits per heavy atom. The predicted octanol–water partition coefficient (Wildman–Crippen LogP) is 6.70. The summed E-state index contributed by atoms with van der Waals surface area (Å²) in [6, 6.07) is 4.45. The van der Waals surface area contributed by atoms with E-state index in [4.69, 9.17) is 9.47 Å². The van der Waals surface area contributed by atoms with Crippen molar-refractivity contribution >= 4 is 5.97 Å². The van der Waals surface area contributed by atoms with Gasteiger partial charge < -0.3 is 14.6 Å². The van der Waals surface area contributed by atoms with E-state index in [0.717, 1.165) is 12.0 Å². The fraction of sp³-hybridized carbons (Fsp3) is 0.370. The van der Waals surface area contributed by atoms with Crippen LogP contribution in [0.4, 0.5) is 0 Å². The molecule has 0 aromatic heterocycles. The van der Waals surface area contributed by atoms with Crippen molar-refractivity contribution in [1.29, 1.82) is 0 Å². The molecule has 0 heterocycles. The normalized spacial score (nSPS) is 17.1. The Morgan fingerprint density at radius 3 is 2.68 bits per heavy atom. The van der Waals surface area contributed by atoms with Crippen LogP contribution in [0, 0.1) is 5.41 Å². The summed E-state index contributed by atoms with van der Waals surface area (Å²) in [6.07, 6.45) is 18.2. The number of carbonyl (C=O) groups is 1. The lowest BCUT2D eigenvalue weighted by Crippen LogP contribution is -2.16. The Morgan fingerprint density at radius 2 is 1.97 bits per heavy atom. The van der Waals surface area contributed by atoms with Crippen LogP contribution in [0.2, 0.25) is 0 Å². The van der Waals surface area contributed by atoms with Gasteiger partial charge in [-0.1, -0.05) is 61.4 Å². The zero-order valence-electron chi connectivity index (χ0n) is 19.3. The smallest absolute Gasteiger partial charge is 0.342 e. The average Bonchev–Trinajstić information content (AvgIpc) is 2.73. The molecule has 0 amide bonds. The van der Waals surface area contributed by atoms with Crippen LogP contribution in [-0.2, 0) is 4.74 Å². The molecule has 0 spiro atoms. The summed E-state index contributed by atoms with van der Waals surface area (Å²) in [4.78, 5) is 12.2. The maximum Gasteiger partial charge on any atom is 0.342 e. The van der Waals surface area contributed by atoms with Crippen LogP contribution >= 0.6 is 0 Å². The number of hydrogen-bond acceptors (Lipinski definition) is 4. The van der Waals surface area contributed by atoms with Crippen LogP contribution in [0.1, 0.15) is 57.3 Å². The van der Waals surface area contributed by atoms with Crippen LogP contribution in [0.3, 0.4) is 0 Å². The van der Waals surface area contributed by atoms with Crippen molar-refractivity contribution in [3.05, 3.63) is 83.0 Å². The van der Waals surface area contributed by atoms with Crippen LogP contribution in [-0.4, -0.2) is 24.8 Å². The molecule has 0 saturated carbocycles. The van der Waals surface area contributed by atoms with Crippen LogP contribution in [0.25, 0.3) is 0 Å². The molecule has 1 aliphatic carbocycles. The van der Waals surface area contributed by atoms with E-state index in [1.54, 1.807) is 6.07 Å². The van der Waals surface area contributed by atoms with Gasteiger partial charge in [-0.05, 0) is 68.4 Å². The van der Waals surface area contributed by atoms with Crippen molar-refractivity contribution in [1.82, 2.24) is 0 Å². The zero-order valence-corrected chi connectivity index (χ0v) is 19.3. The highest BCUT2D eigenvalue weighted by atomic mass is 16.5. The number of aromatic hydroxyl groups is 1. The van der Waals surface area contributed by atoms with Crippen molar-refractivity contribution in [2.75, 3.05) is 13.7 Å². The number of carbonyl (C=O) groups excluding carboxylic acids is 1. The molecule has 0 saturated heterocycles. The Balaban J connectivity index is 1.88. The molecule has 1 aromatic carbocycles. The lowest BCUT2D eigenvalue weighted by atomic mass is 9.75. The van der Waals surface area contributed by atoms with E-state index in [1.165, 1.54) is 43.2 Å². The standard InChI is InChI=1S/C27H34O4/c1-20(12-13-22-11-6-7-17-27(22,3)4)9-8-10-21(2)16-18-31-26(29)24-19-23(30-5)14-15-25(24)28/h8-16,19,28H,6-7,17-18H2,1-5H3/b10-8+,13-12+,20-9+,21-16+. The first-order valence-corrected chi connectivity index (χ1v) is 10.7. The highest BCUT2D eigenvalue weighted by Gasteiger charge is 2.23. The Bertz CT molecular complexity index is 927. The third-order valence-corrected chi connectivity index (χ3v) is 5.44. The summed E-state index contributed by atoms with van der Waals surface area (Å²) in [6.45, 7) is 8.76. The van der Waals surface area contributed by atoms with Gasteiger partial charge in [0.1, 0.15) is 23.7 Å². The second-order valence-electron chi connectivity index (χ2n) is 8.47. The quantitative estimate of drug-likeness (QED) is 0.374. The summed E-state index contributed by atoms with van der Waals surface area (Å²) >= 11 is 0. The molecule has 0 radical (unpaired) electrons. The fourth-order valence-corrected chi connectivity index (χ4v) is 3.34. The number of rotatable bonds is 8. The summed E-state index contributed by atoms with van der Waals surface area (Å²) in [5, 5.41) is 9.83. The molecule has 1 N–H and O–H groups in total. The Kier molecular flexibility index (Phi) is 8.92. The van der Waals surface area contributed by atoms with E-state index >= 15 is 0 Å². The molecule has 0 fully saturated rings. The van der Waals surface area contributed by atoms with Gasteiger partial charge in [-0.3, -0.25) is 0 Å². The third kappa shape index (κ3) is 7.63. The maximum atomic E-state index is 12.2. The topological polar surface area (TPSA) is 55.8 Å². The predicted molar refractivity (Wildman–Crippen MR) is 126 cm³/mol. The van der Waals surface area contributed by atoms with Crippen LogP contribution in [0.5, 0.6) is 11.5 Å². The minimum Gasteiger partial charge on any atom is -0.507 e. The molecule has 0 aliphatic heterocycles. The lowest BCUT2D eigenvalue weighted by molar-refractivity contribution is 0.0545. The first kappa shape index (κ1) is 24.3. The first-order chi connectivity index (χ1) is 14.7. The van der Waals surface area contributed by atoms with Gasteiger partial charge in [0.15, 0.2) is 0 Å². The van der Waals surface area contributed by atoms with Gasteiger partial charge in [-0.15, -0.1) is 0 Å². The third-order valence-electron chi connectivity index (χ3n) is 5.44. The molecule has 0 atom stereocenters. The van der Waals surface area contributed by atoms with Crippen LogP contribution < -0.4 is 4.74 Å². The molecule has 1 aliphatic rings. The van der Waals surface area contributed by atoms with E-state index in [2.05, 4.69) is 45.1 Å². The number of benzene rings is 1. The molecule has 2 rings (SSSR count). The van der Waals surface area contributed by atoms with E-state index < -0.39 is 5.97 Å². The minimum atomic E-state index is -0.592.